The zero-order chi connectivity index (χ0) is 19.8. The molecule has 1 aliphatic rings. The average molecular weight is 459 g/mol. The molecule has 0 saturated carbocycles. The van der Waals surface area contributed by atoms with Crippen LogP contribution in [0.25, 0.3) is 6.08 Å². The third kappa shape index (κ3) is 4.45. The van der Waals surface area contributed by atoms with E-state index in [4.69, 9.17) is 0 Å². The number of aliphatic imine (C=N–C) groups is 1. The first kappa shape index (κ1) is 19.3. The van der Waals surface area contributed by atoms with Crippen LogP contribution in [0.1, 0.15) is 11.1 Å². The predicted octanol–water partition coefficient (Wildman–Crippen LogP) is 4.77. The topological polar surface area (TPSA) is 81.9 Å². The molecule has 0 unspecified atom stereocenters. The average Bonchev–Trinajstić information content (AvgIpc) is 2.91. The van der Waals surface area contributed by atoms with Crippen molar-refractivity contribution in [2.75, 3.05) is 0 Å². The number of nitrogens with one attached hydrogen (secondary N) is 1. The van der Waals surface area contributed by atoms with Crippen molar-refractivity contribution in [3.63, 3.8) is 0 Å². The standard InChI is InChI=1S/C17H10BrF3N2O3S/c18-11-4-8(5-12(24)14(11)25)6-13-15(26)23-16(27-13)22-10-3-1-2-9(7-10)17(19,20)21/h1-7,24-25H,(H,22,23,26)/b13-6+. The molecule has 10 heteroatoms. The molecule has 1 saturated heterocycles. The van der Waals surface area contributed by atoms with Crippen LogP contribution in [0.4, 0.5) is 18.9 Å². The van der Waals surface area contributed by atoms with Gasteiger partial charge in [-0.05, 0) is 69.7 Å². The SMILES string of the molecule is O=C1NC(=Nc2cccc(C(F)(F)F)c2)S/C1=C/c1cc(O)c(O)c(Br)c1. The molecule has 0 atom stereocenters. The van der Waals surface area contributed by atoms with Gasteiger partial charge in [0.15, 0.2) is 16.7 Å². The van der Waals surface area contributed by atoms with Crippen molar-refractivity contribution >= 4 is 50.5 Å². The molecule has 1 amide bonds. The zero-order valence-electron chi connectivity index (χ0n) is 13.2. The van der Waals surface area contributed by atoms with Gasteiger partial charge < -0.3 is 15.5 Å². The minimum absolute atomic E-state index is 0.0545. The Balaban J connectivity index is 1.86. The molecule has 2 aromatic carbocycles. The first-order valence-corrected chi connectivity index (χ1v) is 8.93. The van der Waals surface area contributed by atoms with Gasteiger partial charge in [0.2, 0.25) is 0 Å². The molecule has 2 aromatic rings. The van der Waals surface area contributed by atoms with Crippen molar-refractivity contribution < 1.29 is 28.2 Å². The van der Waals surface area contributed by atoms with E-state index >= 15 is 0 Å². The van der Waals surface area contributed by atoms with E-state index in [2.05, 4.69) is 26.2 Å². The van der Waals surface area contributed by atoms with E-state index in [-0.39, 0.29) is 31.7 Å². The van der Waals surface area contributed by atoms with Crippen LogP contribution in [-0.4, -0.2) is 21.3 Å². The number of carbonyl (C=O) groups is 1. The van der Waals surface area contributed by atoms with E-state index in [0.29, 0.717) is 5.56 Å². The summed E-state index contributed by atoms with van der Waals surface area (Å²) in [4.78, 5) is 16.3. The van der Waals surface area contributed by atoms with Crippen LogP contribution in [0.2, 0.25) is 0 Å². The summed E-state index contributed by atoms with van der Waals surface area (Å²) in [5.41, 5.74) is -0.340. The number of amidine groups is 1. The fourth-order valence-corrected chi connectivity index (χ4v) is 3.50. The maximum absolute atomic E-state index is 12.8. The molecule has 1 aliphatic heterocycles. The molecule has 0 radical (unpaired) electrons. The van der Waals surface area contributed by atoms with Crippen LogP contribution in [0, 0.1) is 0 Å². The number of hydrogen-bond acceptors (Lipinski definition) is 5. The smallest absolute Gasteiger partial charge is 0.416 e. The van der Waals surface area contributed by atoms with Crippen LogP contribution < -0.4 is 5.32 Å². The summed E-state index contributed by atoms with van der Waals surface area (Å²) in [5.74, 6) is -1.17. The van der Waals surface area contributed by atoms with E-state index in [1.54, 1.807) is 0 Å². The summed E-state index contributed by atoms with van der Waals surface area (Å²) in [6.07, 6.45) is -3.03. The number of thioether (sulfide) groups is 1. The third-order valence-electron chi connectivity index (χ3n) is 3.42. The maximum atomic E-state index is 12.8. The number of rotatable bonds is 2. The zero-order valence-corrected chi connectivity index (χ0v) is 15.6. The summed E-state index contributed by atoms with van der Waals surface area (Å²) in [6.45, 7) is 0. The van der Waals surface area contributed by atoms with Gasteiger partial charge in [-0.2, -0.15) is 13.2 Å². The molecular formula is C17H10BrF3N2O3S. The molecule has 140 valence electrons. The molecule has 27 heavy (non-hydrogen) atoms. The van der Waals surface area contributed by atoms with Crippen molar-refractivity contribution in [1.82, 2.24) is 5.32 Å². The lowest BCUT2D eigenvalue weighted by Gasteiger charge is -2.06. The summed E-state index contributed by atoms with van der Waals surface area (Å²) in [6, 6.07) is 7.21. The quantitative estimate of drug-likeness (QED) is 0.447. The van der Waals surface area contributed by atoms with E-state index in [1.165, 1.54) is 30.3 Å². The highest BCUT2D eigenvalue weighted by molar-refractivity contribution is 9.10. The molecule has 1 fully saturated rings. The number of aromatic hydroxyl groups is 2. The Labute approximate surface area is 163 Å². The highest BCUT2D eigenvalue weighted by Gasteiger charge is 2.30. The number of halogens is 4. The second kappa shape index (κ2) is 7.28. The van der Waals surface area contributed by atoms with Crippen molar-refractivity contribution in [3.8, 4) is 11.5 Å². The molecule has 1 heterocycles. The fourth-order valence-electron chi connectivity index (χ4n) is 2.19. The molecule has 5 nitrogen and oxygen atoms in total. The van der Waals surface area contributed by atoms with Crippen LogP contribution in [0.5, 0.6) is 11.5 Å². The number of alkyl halides is 3. The number of phenolic OH excluding ortho intramolecular Hbond substituents is 2. The Bertz CT molecular complexity index is 967. The Hall–Kier alpha value is -2.46. The second-order valence-electron chi connectivity index (χ2n) is 5.40. The summed E-state index contributed by atoms with van der Waals surface area (Å²) in [5, 5.41) is 21.8. The predicted molar refractivity (Wildman–Crippen MR) is 99.7 cm³/mol. The lowest BCUT2D eigenvalue weighted by atomic mass is 10.2. The normalized spacial score (nSPS) is 17.6. The minimum Gasteiger partial charge on any atom is -0.504 e. The molecule has 3 N–H and O–H groups in total. The Morgan fingerprint density at radius 1 is 1.19 bits per heavy atom. The molecule has 0 aliphatic carbocycles. The van der Waals surface area contributed by atoms with Crippen molar-refractivity contribution in [2.24, 2.45) is 4.99 Å². The van der Waals surface area contributed by atoms with E-state index < -0.39 is 17.6 Å². The number of amides is 1. The molecule has 0 bridgehead atoms. The second-order valence-corrected chi connectivity index (χ2v) is 7.29. The molecule has 0 aromatic heterocycles. The van der Waals surface area contributed by atoms with Gasteiger partial charge in [0.1, 0.15) is 0 Å². The van der Waals surface area contributed by atoms with Gasteiger partial charge in [0.05, 0.1) is 20.6 Å². The summed E-state index contributed by atoms with van der Waals surface area (Å²) in [7, 11) is 0. The molecule has 3 rings (SSSR count). The van der Waals surface area contributed by atoms with Gasteiger partial charge >= 0.3 is 6.18 Å². The lowest BCUT2D eigenvalue weighted by molar-refractivity contribution is -0.137. The van der Waals surface area contributed by atoms with Gasteiger partial charge in [0, 0.05) is 0 Å². The molecule has 0 spiro atoms. The van der Waals surface area contributed by atoms with Gasteiger partial charge in [0.25, 0.3) is 5.91 Å². The number of benzene rings is 2. The molecular weight excluding hydrogens is 449 g/mol. The van der Waals surface area contributed by atoms with Crippen molar-refractivity contribution in [1.29, 1.82) is 0 Å². The number of phenols is 2. The van der Waals surface area contributed by atoms with Gasteiger partial charge in [-0.3, -0.25) is 4.79 Å². The van der Waals surface area contributed by atoms with E-state index in [0.717, 1.165) is 23.9 Å². The maximum Gasteiger partial charge on any atom is 0.416 e. The van der Waals surface area contributed by atoms with Crippen LogP contribution in [-0.2, 0) is 11.0 Å². The lowest BCUT2D eigenvalue weighted by Crippen LogP contribution is -2.19. The van der Waals surface area contributed by atoms with Gasteiger partial charge in [-0.1, -0.05) is 6.07 Å². The van der Waals surface area contributed by atoms with Crippen LogP contribution in [0.3, 0.4) is 0 Å². The number of hydrogen-bond donors (Lipinski definition) is 3. The Morgan fingerprint density at radius 2 is 1.93 bits per heavy atom. The van der Waals surface area contributed by atoms with Crippen molar-refractivity contribution in [2.45, 2.75) is 6.18 Å². The van der Waals surface area contributed by atoms with Gasteiger partial charge in [-0.25, -0.2) is 4.99 Å². The highest BCUT2D eigenvalue weighted by Crippen LogP contribution is 2.37. The largest absolute Gasteiger partial charge is 0.504 e. The Morgan fingerprint density at radius 3 is 2.59 bits per heavy atom. The summed E-state index contributed by atoms with van der Waals surface area (Å²) >= 11 is 4.03. The monoisotopic (exact) mass is 458 g/mol. The van der Waals surface area contributed by atoms with Crippen LogP contribution in [0.15, 0.2) is 50.8 Å². The first-order chi connectivity index (χ1) is 12.6. The number of carbonyl (C=O) groups excluding carboxylic acids is 1. The van der Waals surface area contributed by atoms with E-state index in [9.17, 15) is 28.2 Å². The summed E-state index contributed by atoms with van der Waals surface area (Å²) < 4.78 is 38.5. The first-order valence-electron chi connectivity index (χ1n) is 7.32. The minimum atomic E-state index is -4.48. The van der Waals surface area contributed by atoms with E-state index in [1.807, 2.05) is 0 Å². The van der Waals surface area contributed by atoms with Gasteiger partial charge in [-0.15, -0.1) is 0 Å². The van der Waals surface area contributed by atoms with Crippen LogP contribution >= 0.6 is 27.7 Å². The Kier molecular flexibility index (Phi) is 5.20. The number of nitrogens with zero attached hydrogens (tertiary/aromatic N) is 1. The highest BCUT2D eigenvalue weighted by atomic mass is 79.9. The third-order valence-corrected chi connectivity index (χ3v) is 4.93. The van der Waals surface area contributed by atoms with Crippen molar-refractivity contribution in [3.05, 3.63) is 56.9 Å². The fraction of sp³-hybridized carbons (Fsp3) is 0.0588.